The molecular formula is C12H18O2. The van der Waals surface area contributed by atoms with Gasteiger partial charge in [-0.15, -0.1) is 0 Å². The first-order valence-corrected chi connectivity index (χ1v) is 4.78. The molecule has 1 aromatic rings. The second-order valence-corrected chi connectivity index (χ2v) is 4.35. The molecule has 0 heterocycles. The summed E-state index contributed by atoms with van der Waals surface area (Å²) in [5, 5.41) is 9.68. The molecule has 78 valence electrons. The molecule has 1 aromatic carbocycles. The van der Waals surface area contributed by atoms with Gasteiger partial charge >= 0.3 is 0 Å². The third kappa shape index (κ3) is 3.38. The van der Waals surface area contributed by atoms with Crippen molar-refractivity contribution >= 4 is 0 Å². The van der Waals surface area contributed by atoms with E-state index in [1.807, 2.05) is 32.9 Å². The maximum atomic E-state index is 9.68. The van der Waals surface area contributed by atoms with Crippen LogP contribution >= 0.6 is 0 Å². The third-order valence-corrected chi connectivity index (χ3v) is 1.98. The molecule has 0 spiro atoms. The molecule has 2 nitrogen and oxygen atoms in total. The topological polar surface area (TPSA) is 29.5 Å². The molecular weight excluding hydrogens is 176 g/mol. The van der Waals surface area contributed by atoms with Crippen LogP contribution in [0, 0.1) is 6.92 Å². The molecule has 0 bridgehead atoms. The smallest absolute Gasteiger partial charge is 0.119 e. The van der Waals surface area contributed by atoms with Crippen molar-refractivity contribution in [3.63, 3.8) is 0 Å². The zero-order valence-corrected chi connectivity index (χ0v) is 9.29. The van der Waals surface area contributed by atoms with Crippen molar-refractivity contribution in [2.75, 3.05) is 7.11 Å². The largest absolute Gasteiger partial charge is 0.497 e. The maximum Gasteiger partial charge on any atom is 0.119 e. The number of hydrogen-bond donors (Lipinski definition) is 1. The van der Waals surface area contributed by atoms with Crippen LogP contribution in [0.1, 0.15) is 25.0 Å². The van der Waals surface area contributed by atoms with Crippen LogP contribution in [0.15, 0.2) is 18.2 Å². The molecule has 0 unspecified atom stereocenters. The van der Waals surface area contributed by atoms with E-state index in [1.54, 1.807) is 7.11 Å². The Morgan fingerprint density at radius 1 is 1.29 bits per heavy atom. The molecule has 0 amide bonds. The number of aliphatic hydroxyl groups is 1. The molecule has 14 heavy (non-hydrogen) atoms. The summed E-state index contributed by atoms with van der Waals surface area (Å²) in [4.78, 5) is 0. The van der Waals surface area contributed by atoms with Crippen molar-refractivity contribution in [1.82, 2.24) is 0 Å². The summed E-state index contributed by atoms with van der Waals surface area (Å²) in [5.41, 5.74) is 1.59. The summed E-state index contributed by atoms with van der Waals surface area (Å²) >= 11 is 0. The molecule has 1 N–H and O–H groups in total. The van der Waals surface area contributed by atoms with Crippen molar-refractivity contribution in [2.24, 2.45) is 0 Å². The zero-order chi connectivity index (χ0) is 10.8. The summed E-state index contributed by atoms with van der Waals surface area (Å²) in [5.74, 6) is 0.851. The van der Waals surface area contributed by atoms with Gasteiger partial charge in [0.05, 0.1) is 12.7 Å². The van der Waals surface area contributed by atoms with Gasteiger partial charge in [-0.1, -0.05) is 6.07 Å². The molecule has 0 saturated heterocycles. The van der Waals surface area contributed by atoms with Gasteiger partial charge < -0.3 is 9.84 Å². The Morgan fingerprint density at radius 2 is 1.93 bits per heavy atom. The van der Waals surface area contributed by atoms with E-state index in [2.05, 4.69) is 6.07 Å². The van der Waals surface area contributed by atoms with Crippen molar-refractivity contribution in [2.45, 2.75) is 32.8 Å². The van der Waals surface area contributed by atoms with E-state index in [4.69, 9.17) is 4.74 Å². The van der Waals surface area contributed by atoms with E-state index in [0.717, 1.165) is 16.9 Å². The molecule has 0 atom stereocenters. The van der Waals surface area contributed by atoms with Crippen LogP contribution in [0.25, 0.3) is 0 Å². The van der Waals surface area contributed by atoms with Crippen molar-refractivity contribution < 1.29 is 9.84 Å². The fourth-order valence-corrected chi connectivity index (χ4v) is 1.54. The van der Waals surface area contributed by atoms with E-state index < -0.39 is 5.60 Å². The second kappa shape index (κ2) is 4.01. The Labute approximate surface area is 85.5 Å². The summed E-state index contributed by atoms with van der Waals surface area (Å²) in [6.45, 7) is 5.64. The molecule has 0 saturated carbocycles. The van der Waals surface area contributed by atoms with Gasteiger partial charge in [-0.05, 0) is 44.0 Å². The minimum absolute atomic E-state index is 0.644. The minimum atomic E-state index is -0.668. The third-order valence-electron chi connectivity index (χ3n) is 1.98. The van der Waals surface area contributed by atoms with Gasteiger partial charge in [-0.25, -0.2) is 0 Å². The fourth-order valence-electron chi connectivity index (χ4n) is 1.54. The van der Waals surface area contributed by atoms with Crippen LogP contribution < -0.4 is 4.74 Å². The standard InChI is InChI=1S/C12H18O2/c1-9-5-10(8-12(2,3)13)7-11(6-9)14-4/h5-7,13H,8H2,1-4H3. The quantitative estimate of drug-likeness (QED) is 0.800. The Morgan fingerprint density at radius 3 is 2.43 bits per heavy atom. The van der Waals surface area contributed by atoms with Crippen molar-refractivity contribution in [3.8, 4) is 5.75 Å². The van der Waals surface area contributed by atoms with E-state index in [-0.39, 0.29) is 0 Å². The Balaban J connectivity index is 2.92. The molecule has 2 heteroatoms. The Kier molecular flexibility index (Phi) is 3.17. The van der Waals surface area contributed by atoms with Crippen LogP contribution in [-0.2, 0) is 6.42 Å². The van der Waals surface area contributed by atoms with Gasteiger partial charge in [0.1, 0.15) is 5.75 Å². The second-order valence-electron chi connectivity index (χ2n) is 4.35. The van der Waals surface area contributed by atoms with Crippen LogP contribution in [0.2, 0.25) is 0 Å². The maximum absolute atomic E-state index is 9.68. The SMILES string of the molecule is COc1cc(C)cc(CC(C)(C)O)c1. The van der Waals surface area contributed by atoms with E-state index in [1.165, 1.54) is 0 Å². The molecule has 0 aliphatic heterocycles. The van der Waals surface area contributed by atoms with Crippen LogP contribution in [0.4, 0.5) is 0 Å². The number of aryl methyl sites for hydroxylation is 1. The molecule has 0 aliphatic rings. The molecule has 1 rings (SSSR count). The summed E-state index contributed by atoms with van der Waals surface area (Å²) in [6, 6.07) is 6.01. The highest BCUT2D eigenvalue weighted by molar-refractivity contribution is 5.34. The lowest BCUT2D eigenvalue weighted by atomic mass is 9.97. The summed E-state index contributed by atoms with van der Waals surface area (Å²) in [7, 11) is 1.66. The molecule has 0 radical (unpaired) electrons. The van der Waals surface area contributed by atoms with Crippen LogP contribution in [0.5, 0.6) is 5.75 Å². The number of ether oxygens (including phenoxy) is 1. The van der Waals surface area contributed by atoms with Gasteiger partial charge in [-0.2, -0.15) is 0 Å². The number of hydrogen-bond acceptors (Lipinski definition) is 2. The van der Waals surface area contributed by atoms with Gasteiger partial charge in [0.25, 0.3) is 0 Å². The minimum Gasteiger partial charge on any atom is -0.497 e. The zero-order valence-electron chi connectivity index (χ0n) is 9.29. The van der Waals surface area contributed by atoms with E-state index in [9.17, 15) is 5.11 Å². The predicted molar refractivity (Wildman–Crippen MR) is 57.7 cm³/mol. The highest BCUT2D eigenvalue weighted by Gasteiger charge is 2.13. The lowest BCUT2D eigenvalue weighted by Crippen LogP contribution is -2.21. The first-order chi connectivity index (χ1) is 6.40. The van der Waals surface area contributed by atoms with E-state index in [0.29, 0.717) is 6.42 Å². The number of methoxy groups -OCH3 is 1. The Hall–Kier alpha value is -1.02. The number of rotatable bonds is 3. The van der Waals surface area contributed by atoms with Gasteiger partial charge in [0.2, 0.25) is 0 Å². The highest BCUT2D eigenvalue weighted by Crippen LogP contribution is 2.20. The average Bonchev–Trinajstić information content (AvgIpc) is 1.99. The Bertz CT molecular complexity index is 311. The summed E-state index contributed by atoms with van der Waals surface area (Å²) < 4.78 is 5.17. The van der Waals surface area contributed by atoms with Crippen LogP contribution in [0.3, 0.4) is 0 Å². The summed E-state index contributed by atoms with van der Waals surface area (Å²) in [6.07, 6.45) is 0.644. The first-order valence-electron chi connectivity index (χ1n) is 4.78. The predicted octanol–water partition coefficient (Wildman–Crippen LogP) is 2.32. The van der Waals surface area contributed by atoms with Gasteiger partial charge in [-0.3, -0.25) is 0 Å². The molecule has 0 aromatic heterocycles. The lowest BCUT2D eigenvalue weighted by molar-refractivity contribution is 0.0809. The van der Waals surface area contributed by atoms with Crippen LogP contribution in [-0.4, -0.2) is 17.8 Å². The fraction of sp³-hybridized carbons (Fsp3) is 0.500. The van der Waals surface area contributed by atoms with Crippen molar-refractivity contribution in [1.29, 1.82) is 0 Å². The number of benzene rings is 1. The normalized spacial score (nSPS) is 11.5. The monoisotopic (exact) mass is 194 g/mol. The highest BCUT2D eigenvalue weighted by atomic mass is 16.5. The van der Waals surface area contributed by atoms with Gasteiger partial charge in [0.15, 0.2) is 0 Å². The molecule has 0 fully saturated rings. The molecule has 0 aliphatic carbocycles. The lowest BCUT2D eigenvalue weighted by Gasteiger charge is -2.17. The first kappa shape index (κ1) is 11.1. The van der Waals surface area contributed by atoms with E-state index >= 15 is 0 Å². The van der Waals surface area contributed by atoms with Crippen molar-refractivity contribution in [3.05, 3.63) is 29.3 Å². The average molecular weight is 194 g/mol. The van der Waals surface area contributed by atoms with Gasteiger partial charge in [0, 0.05) is 6.42 Å².